The van der Waals surface area contributed by atoms with Gasteiger partial charge in [-0.2, -0.15) is 0 Å². The molecule has 0 radical (unpaired) electrons. The van der Waals surface area contributed by atoms with E-state index in [1.165, 1.54) is 5.56 Å². The van der Waals surface area contributed by atoms with Crippen molar-refractivity contribution in [1.82, 2.24) is 19.3 Å². The van der Waals surface area contributed by atoms with Crippen LogP contribution in [0, 0.1) is 12.8 Å². The van der Waals surface area contributed by atoms with Gasteiger partial charge < -0.3 is 5.32 Å². The molecule has 1 aliphatic heterocycles. The van der Waals surface area contributed by atoms with Gasteiger partial charge in [0.1, 0.15) is 11.5 Å². The topological polar surface area (TPSA) is 62.5 Å². The summed E-state index contributed by atoms with van der Waals surface area (Å²) in [5.74, 6) is 1.51. The summed E-state index contributed by atoms with van der Waals surface area (Å²) in [5, 5.41) is 3.42. The third-order valence-electron chi connectivity index (χ3n) is 4.86. The molecule has 3 aromatic heterocycles. The molecule has 0 unspecified atom stereocenters. The highest BCUT2D eigenvalue weighted by atomic mass is 16.1. The van der Waals surface area contributed by atoms with Crippen molar-refractivity contribution in [3.8, 4) is 0 Å². The van der Waals surface area contributed by atoms with E-state index in [9.17, 15) is 4.79 Å². The van der Waals surface area contributed by atoms with Crippen LogP contribution in [0.4, 0.5) is 5.82 Å². The Hall–Kier alpha value is -2.73. The summed E-state index contributed by atoms with van der Waals surface area (Å²) in [4.78, 5) is 23.6. The molecule has 1 N–H and O–H groups in total. The smallest absolute Gasteiger partial charge is 0.258 e. The Bertz CT molecular complexity index is 950. The van der Waals surface area contributed by atoms with Gasteiger partial charge in [-0.25, -0.2) is 9.97 Å². The van der Waals surface area contributed by atoms with Crippen molar-refractivity contribution < 1.29 is 0 Å². The Labute approximate surface area is 152 Å². The standard InChI is InChI=1S/C20H23N5O/c1-15-5-6-18(21-11-15)22-12-16-7-9-24(13-16)14-17-10-20(26)25-8-3-2-4-19(25)23-17/h2-6,8,10-11,16H,7,9,12-14H2,1H3,(H,21,22)/t16-/m1/s1. The van der Waals surface area contributed by atoms with Gasteiger partial charge in [-0.05, 0) is 49.6 Å². The number of nitrogens with zero attached hydrogens (tertiary/aromatic N) is 4. The number of hydrogen-bond acceptors (Lipinski definition) is 5. The summed E-state index contributed by atoms with van der Waals surface area (Å²) in [6.07, 6.45) is 4.78. The Kier molecular flexibility index (Phi) is 4.67. The van der Waals surface area contributed by atoms with Crippen LogP contribution in [-0.4, -0.2) is 38.9 Å². The lowest BCUT2D eigenvalue weighted by Gasteiger charge is -2.16. The highest BCUT2D eigenvalue weighted by Crippen LogP contribution is 2.18. The first-order valence-electron chi connectivity index (χ1n) is 9.03. The molecule has 1 atom stereocenters. The molecule has 1 saturated heterocycles. The first-order valence-corrected chi connectivity index (χ1v) is 9.03. The van der Waals surface area contributed by atoms with Crippen LogP contribution in [0.25, 0.3) is 5.65 Å². The molecule has 0 bridgehead atoms. The number of pyridine rings is 2. The van der Waals surface area contributed by atoms with Gasteiger partial charge in [0.2, 0.25) is 0 Å². The molecule has 26 heavy (non-hydrogen) atoms. The van der Waals surface area contributed by atoms with Crippen molar-refractivity contribution in [3.63, 3.8) is 0 Å². The molecule has 4 heterocycles. The fraction of sp³-hybridized carbons (Fsp3) is 0.350. The molecule has 134 valence electrons. The number of fused-ring (bicyclic) bond motifs is 1. The number of rotatable bonds is 5. The van der Waals surface area contributed by atoms with Crippen molar-refractivity contribution in [1.29, 1.82) is 0 Å². The monoisotopic (exact) mass is 349 g/mol. The lowest BCUT2D eigenvalue weighted by atomic mass is 10.1. The van der Waals surface area contributed by atoms with Crippen LogP contribution in [0.5, 0.6) is 0 Å². The van der Waals surface area contributed by atoms with Crippen LogP contribution in [0.2, 0.25) is 0 Å². The summed E-state index contributed by atoms with van der Waals surface area (Å²) < 4.78 is 1.58. The number of nitrogens with one attached hydrogen (secondary N) is 1. The fourth-order valence-corrected chi connectivity index (χ4v) is 3.46. The number of aromatic nitrogens is 3. The van der Waals surface area contributed by atoms with Gasteiger partial charge in [0, 0.05) is 38.1 Å². The molecule has 0 saturated carbocycles. The largest absolute Gasteiger partial charge is 0.370 e. The highest BCUT2D eigenvalue weighted by Gasteiger charge is 2.23. The number of aryl methyl sites for hydroxylation is 1. The number of hydrogen-bond donors (Lipinski definition) is 1. The summed E-state index contributed by atoms with van der Waals surface area (Å²) in [5.41, 5.74) is 2.70. The van der Waals surface area contributed by atoms with Gasteiger partial charge in [0.15, 0.2) is 0 Å². The summed E-state index contributed by atoms with van der Waals surface area (Å²) in [6.45, 7) is 5.72. The van der Waals surface area contributed by atoms with E-state index in [0.29, 0.717) is 11.6 Å². The van der Waals surface area contributed by atoms with E-state index in [1.54, 1.807) is 16.7 Å². The minimum atomic E-state index is -0.0199. The van der Waals surface area contributed by atoms with Crippen molar-refractivity contribution in [2.75, 3.05) is 25.0 Å². The molecule has 4 rings (SSSR count). The second-order valence-corrected chi connectivity index (χ2v) is 7.01. The van der Waals surface area contributed by atoms with Crippen molar-refractivity contribution in [2.24, 2.45) is 5.92 Å². The maximum absolute atomic E-state index is 12.2. The van der Waals surface area contributed by atoms with Crippen LogP contribution in [0.1, 0.15) is 17.7 Å². The first-order chi connectivity index (χ1) is 12.7. The molecular weight excluding hydrogens is 326 g/mol. The quantitative estimate of drug-likeness (QED) is 0.766. The van der Waals surface area contributed by atoms with Gasteiger partial charge in [-0.15, -0.1) is 0 Å². The second-order valence-electron chi connectivity index (χ2n) is 7.01. The Morgan fingerprint density at radius 2 is 2.19 bits per heavy atom. The SMILES string of the molecule is Cc1ccc(NC[C@H]2CCN(Cc3cc(=O)n4ccccc4n3)C2)nc1. The zero-order valence-electron chi connectivity index (χ0n) is 14.9. The van der Waals surface area contributed by atoms with E-state index in [1.807, 2.05) is 37.4 Å². The third kappa shape index (κ3) is 3.75. The van der Waals surface area contributed by atoms with E-state index >= 15 is 0 Å². The van der Waals surface area contributed by atoms with Gasteiger partial charge in [0.05, 0.1) is 5.69 Å². The predicted octanol–water partition coefficient (Wildman–Crippen LogP) is 2.33. The maximum Gasteiger partial charge on any atom is 0.258 e. The molecule has 1 fully saturated rings. The molecule has 0 spiro atoms. The van der Waals surface area contributed by atoms with Crippen molar-refractivity contribution >= 4 is 11.5 Å². The van der Waals surface area contributed by atoms with Gasteiger partial charge in [-0.1, -0.05) is 12.1 Å². The number of likely N-dealkylation sites (tertiary alicyclic amines) is 1. The van der Waals surface area contributed by atoms with E-state index < -0.39 is 0 Å². The van der Waals surface area contributed by atoms with Gasteiger partial charge >= 0.3 is 0 Å². The van der Waals surface area contributed by atoms with Crippen LogP contribution >= 0.6 is 0 Å². The van der Waals surface area contributed by atoms with E-state index in [-0.39, 0.29) is 5.56 Å². The van der Waals surface area contributed by atoms with E-state index in [0.717, 1.165) is 44.1 Å². The minimum absolute atomic E-state index is 0.0199. The molecule has 6 heteroatoms. The fourth-order valence-electron chi connectivity index (χ4n) is 3.46. The minimum Gasteiger partial charge on any atom is -0.370 e. The first kappa shape index (κ1) is 16.7. The molecular formula is C20H23N5O. The molecule has 6 nitrogen and oxygen atoms in total. The molecule has 0 aliphatic carbocycles. The van der Waals surface area contributed by atoms with Crippen LogP contribution in [-0.2, 0) is 6.54 Å². The lowest BCUT2D eigenvalue weighted by Crippen LogP contribution is -2.25. The highest BCUT2D eigenvalue weighted by molar-refractivity contribution is 5.38. The molecule has 1 aliphatic rings. The van der Waals surface area contributed by atoms with Crippen LogP contribution in [0.3, 0.4) is 0 Å². The summed E-state index contributed by atoms with van der Waals surface area (Å²) >= 11 is 0. The third-order valence-corrected chi connectivity index (χ3v) is 4.86. The Morgan fingerprint density at radius 1 is 1.27 bits per heavy atom. The maximum atomic E-state index is 12.2. The predicted molar refractivity (Wildman–Crippen MR) is 102 cm³/mol. The Balaban J connectivity index is 1.35. The van der Waals surface area contributed by atoms with Crippen LogP contribution < -0.4 is 10.9 Å². The zero-order chi connectivity index (χ0) is 17.9. The molecule has 0 aromatic carbocycles. The molecule has 0 amide bonds. The van der Waals surface area contributed by atoms with Crippen molar-refractivity contribution in [3.05, 3.63) is 70.4 Å². The van der Waals surface area contributed by atoms with E-state index in [2.05, 4.69) is 26.3 Å². The van der Waals surface area contributed by atoms with Crippen molar-refractivity contribution in [2.45, 2.75) is 19.9 Å². The average molecular weight is 349 g/mol. The van der Waals surface area contributed by atoms with Crippen LogP contribution in [0.15, 0.2) is 53.6 Å². The van der Waals surface area contributed by atoms with Gasteiger partial charge in [0.25, 0.3) is 5.56 Å². The summed E-state index contributed by atoms with van der Waals surface area (Å²) in [6, 6.07) is 11.4. The zero-order valence-corrected chi connectivity index (χ0v) is 14.9. The molecule has 3 aromatic rings. The average Bonchev–Trinajstić information content (AvgIpc) is 3.09. The Morgan fingerprint density at radius 3 is 3.04 bits per heavy atom. The summed E-state index contributed by atoms with van der Waals surface area (Å²) in [7, 11) is 0. The lowest BCUT2D eigenvalue weighted by molar-refractivity contribution is 0.315. The normalized spacial score (nSPS) is 17.7. The van der Waals surface area contributed by atoms with Gasteiger partial charge in [-0.3, -0.25) is 14.1 Å². The second kappa shape index (κ2) is 7.25. The number of anilines is 1. The van der Waals surface area contributed by atoms with E-state index in [4.69, 9.17) is 0 Å².